The third kappa shape index (κ3) is 2.73. The number of benzene rings is 1. The molecule has 25 heavy (non-hydrogen) atoms. The van der Waals surface area contributed by atoms with Crippen LogP contribution in [0.25, 0.3) is 10.9 Å². The number of fused-ring (bicyclic) bond motifs is 2. The molecule has 0 bridgehead atoms. The minimum atomic E-state index is -0.452. The largest absolute Gasteiger partial charge is 0.351 e. The third-order valence-electron chi connectivity index (χ3n) is 5.50. The Kier molecular flexibility index (Phi) is 3.67. The number of nitrogens with one attached hydrogen (secondary N) is 3. The van der Waals surface area contributed by atoms with Crippen LogP contribution in [0.1, 0.15) is 37.8 Å². The van der Waals surface area contributed by atoms with E-state index in [9.17, 15) is 9.59 Å². The maximum atomic E-state index is 12.6. The van der Waals surface area contributed by atoms with E-state index in [1.165, 1.54) is 0 Å². The molecule has 1 saturated carbocycles. The van der Waals surface area contributed by atoms with Gasteiger partial charge in [-0.05, 0) is 38.0 Å². The average Bonchev–Trinajstić information content (AvgIpc) is 3.03. The maximum Gasteiger partial charge on any atom is 0.319 e. The Labute approximate surface area is 146 Å². The van der Waals surface area contributed by atoms with Gasteiger partial charge < -0.3 is 16.0 Å². The van der Waals surface area contributed by atoms with Crippen molar-refractivity contribution in [2.45, 2.75) is 50.6 Å². The number of rotatable bonds is 2. The molecule has 7 heteroatoms. The number of amides is 3. The van der Waals surface area contributed by atoms with Crippen molar-refractivity contribution < 1.29 is 9.59 Å². The van der Waals surface area contributed by atoms with Crippen LogP contribution in [0, 0.1) is 6.92 Å². The fraction of sp³-hybridized carbons (Fsp3) is 0.500. The maximum absolute atomic E-state index is 12.6. The summed E-state index contributed by atoms with van der Waals surface area (Å²) in [6, 6.07) is 5.55. The Morgan fingerprint density at radius 3 is 3.08 bits per heavy atom. The molecule has 1 aromatic carbocycles. The van der Waals surface area contributed by atoms with E-state index in [1.54, 1.807) is 0 Å². The summed E-state index contributed by atoms with van der Waals surface area (Å²) in [6.45, 7) is 1.97. The van der Waals surface area contributed by atoms with Crippen LogP contribution in [0.5, 0.6) is 0 Å². The predicted octanol–water partition coefficient (Wildman–Crippen LogP) is 2.20. The smallest absolute Gasteiger partial charge is 0.319 e. The van der Waals surface area contributed by atoms with Gasteiger partial charge in [0.1, 0.15) is 0 Å². The lowest BCUT2D eigenvalue weighted by Crippen LogP contribution is -2.58. The molecular weight excluding hydrogens is 318 g/mol. The molecule has 4 rings (SSSR count). The van der Waals surface area contributed by atoms with Crippen LogP contribution in [-0.2, 0) is 11.8 Å². The summed E-state index contributed by atoms with van der Waals surface area (Å²) < 4.78 is 1.81. The Hall–Kier alpha value is -2.57. The molecule has 0 unspecified atom stereocenters. The number of nitrogens with zero attached hydrogens (tertiary/aromatic N) is 2. The highest BCUT2D eigenvalue weighted by Gasteiger charge is 2.49. The van der Waals surface area contributed by atoms with Crippen molar-refractivity contribution in [2.75, 3.05) is 5.32 Å². The third-order valence-corrected chi connectivity index (χ3v) is 5.50. The van der Waals surface area contributed by atoms with Crippen molar-refractivity contribution >= 4 is 28.5 Å². The number of hydrogen-bond donors (Lipinski definition) is 3. The van der Waals surface area contributed by atoms with Gasteiger partial charge in [0, 0.05) is 18.1 Å². The van der Waals surface area contributed by atoms with Gasteiger partial charge in [0.15, 0.2) is 0 Å². The molecule has 2 atom stereocenters. The second-order valence-corrected chi connectivity index (χ2v) is 7.22. The normalized spacial score (nSPS) is 25.5. The van der Waals surface area contributed by atoms with Crippen LogP contribution in [-0.4, -0.2) is 33.3 Å². The predicted molar refractivity (Wildman–Crippen MR) is 95.4 cm³/mol. The molecule has 132 valence electrons. The van der Waals surface area contributed by atoms with Gasteiger partial charge in [-0.2, -0.15) is 5.10 Å². The van der Waals surface area contributed by atoms with Crippen LogP contribution in [0.2, 0.25) is 0 Å². The van der Waals surface area contributed by atoms with Gasteiger partial charge in [0.25, 0.3) is 0 Å². The van der Waals surface area contributed by atoms with Crippen LogP contribution in [0.3, 0.4) is 0 Å². The summed E-state index contributed by atoms with van der Waals surface area (Å²) in [5.74, 6) is 0.0268. The number of urea groups is 1. The van der Waals surface area contributed by atoms with Crippen LogP contribution in [0.4, 0.5) is 10.5 Å². The SMILES string of the molecule is Cc1nn(C)c2cc(NC(=O)N[C@@]34CCCC[C@@H]3NC(=O)C4)ccc12. The zero-order valence-electron chi connectivity index (χ0n) is 14.6. The fourth-order valence-electron chi connectivity index (χ4n) is 4.29. The summed E-state index contributed by atoms with van der Waals surface area (Å²) >= 11 is 0. The number of aryl methyl sites for hydroxylation is 2. The Morgan fingerprint density at radius 2 is 2.24 bits per heavy atom. The van der Waals surface area contributed by atoms with Crippen LogP contribution < -0.4 is 16.0 Å². The number of anilines is 1. The summed E-state index contributed by atoms with van der Waals surface area (Å²) in [6.07, 6.45) is 4.25. The van der Waals surface area contributed by atoms with E-state index < -0.39 is 5.54 Å². The molecule has 2 fully saturated rings. The van der Waals surface area contributed by atoms with Gasteiger partial charge in [0.2, 0.25) is 5.91 Å². The first-order valence-electron chi connectivity index (χ1n) is 8.79. The molecular formula is C18H23N5O2. The number of carbonyl (C=O) groups excluding carboxylic acids is 2. The molecule has 0 spiro atoms. The lowest BCUT2D eigenvalue weighted by atomic mass is 9.78. The Bertz CT molecular complexity index is 859. The van der Waals surface area contributed by atoms with Crippen LogP contribution >= 0.6 is 0 Å². The lowest BCUT2D eigenvalue weighted by molar-refractivity contribution is -0.119. The molecule has 1 aliphatic heterocycles. The molecule has 1 aliphatic carbocycles. The first kappa shape index (κ1) is 15.9. The molecule has 3 N–H and O–H groups in total. The first-order chi connectivity index (χ1) is 12.0. The quantitative estimate of drug-likeness (QED) is 0.782. The lowest BCUT2D eigenvalue weighted by Gasteiger charge is -2.38. The molecule has 1 saturated heterocycles. The topological polar surface area (TPSA) is 88.1 Å². The van der Waals surface area contributed by atoms with Gasteiger partial charge in [-0.25, -0.2) is 4.79 Å². The number of aromatic nitrogens is 2. The fourth-order valence-corrected chi connectivity index (χ4v) is 4.29. The molecule has 3 amide bonds. The minimum Gasteiger partial charge on any atom is -0.351 e. The second-order valence-electron chi connectivity index (χ2n) is 7.22. The van der Waals surface area contributed by atoms with Gasteiger partial charge >= 0.3 is 6.03 Å². The summed E-state index contributed by atoms with van der Waals surface area (Å²) in [4.78, 5) is 24.4. The molecule has 2 aliphatic rings. The standard InChI is InChI=1S/C18H23N5O2/c1-11-13-7-6-12(9-14(13)23(2)22-11)19-17(25)21-18-8-4-3-5-15(18)20-16(24)10-18/h6-7,9,15H,3-5,8,10H2,1-2H3,(H,20,24)(H2,19,21,25)/t15-,18+/m0/s1. The van der Waals surface area contributed by atoms with E-state index >= 15 is 0 Å². The molecule has 1 aromatic heterocycles. The Morgan fingerprint density at radius 1 is 1.40 bits per heavy atom. The highest BCUT2D eigenvalue weighted by Crippen LogP contribution is 2.35. The summed E-state index contributed by atoms with van der Waals surface area (Å²) in [5.41, 5.74) is 2.20. The minimum absolute atomic E-state index is 0.0268. The van der Waals surface area contributed by atoms with E-state index in [0.29, 0.717) is 12.1 Å². The number of hydrogen-bond acceptors (Lipinski definition) is 3. The monoisotopic (exact) mass is 341 g/mol. The average molecular weight is 341 g/mol. The van der Waals surface area contributed by atoms with Crippen molar-refractivity contribution in [1.82, 2.24) is 20.4 Å². The van der Waals surface area contributed by atoms with E-state index in [1.807, 2.05) is 36.9 Å². The number of carbonyl (C=O) groups is 2. The van der Waals surface area contributed by atoms with Gasteiger partial charge in [0.05, 0.1) is 29.2 Å². The molecule has 2 heterocycles. The van der Waals surface area contributed by atoms with Gasteiger partial charge in [-0.15, -0.1) is 0 Å². The summed E-state index contributed by atoms with van der Waals surface area (Å²) in [5, 5.41) is 14.5. The zero-order valence-corrected chi connectivity index (χ0v) is 14.6. The summed E-state index contributed by atoms with van der Waals surface area (Å²) in [7, 11) is 1.89. The van der Waals surface area contributed by atoms with E-state index in [0.717, 1.165) is 42.3 Å². The first-order valence-corrected chi connectivity index (χ1v) is 8.79. The van der Waals surface area contributed by atoms with E-state index in [4.69, 9.17) is 0 Å². The highest BCUT2D eigenvalue weighted by molar-refractivity contribution is 5.94. The second kappa shape index (κ2) is 5.75. The van der Waals surface area contributed by atoms with Crippen LogP contribution in [0.15, 0.2) is 18.2 Å². The van der Waals surface area contributed by atoms with Crippen molar-refractivity contribution in [1.29, 1.82) is 0 Å². The highest BCUT2D eigenvalue weighted by atomic mass is 16.2. The van der Waals surface area contributed by atoms with Crippen molar-refractivity contribution in [3.05, 3.63) is 23.9 Å². The molecule has 0 radical (unpaired) electrons. The molecule has 2 aromatic rings. The van der Waals surface area contributed by atoms with Crippen molar-refractivity contribution in [3.8, 4) is 0 Å². The van der Waals surface area contributed by atoms with Gasteiger partial charge in [-0.1, -0.05) is 12.8 Å². The van der Waals surface area contributed by atoms with E-state index in [-0.39, 0.29) is 18.0 Å². The zero-order chi connectivity index (χ0) is 17.6. The molecule has 7 nitrogen and oxygen atoms in total. The van der Waals surface area contributed by atoms with E-state index in [2.05, 4.69) is 21.0 Å². The Balaban J connectivity index is 1.52. The van der Waals surface area contributed by atoms with Crippen molar-refractivity contribution in [3.63, 3.8) is 0 Å². The van der Waals surface area contributed by atoms with Crippen molar-refractivity contribution in [2.24, 2.45) is 7.05 Å². The van der Waals surface area contributed by atoms with Gasteiger partial charge in [-0.3, -0.25) is 9.48 Å².